The lowest BCUT2D eigenvalue weighted by Crippen LogP contribution is -2.57. The van der Waals surface area contributed by atoms with Crippen molar-refractivity contribution in [1.29, 1.82) is 0 Å². The van der Waals surface area contributed by atoms with Crippen molar-refractivity contribution < 1.29 is 19.8 Å². The first-order chi connectivity index (χ1) is 13.3. The van der Waals surface area contributed by atoms with Crippen molar-refractivity contribution >= 4 is 11.9 Å². The SMILES string of the molecule is Cc1ccc(C(=O)N2CC[C@@H](N3CCN(C)CC3)[C@@H](CCC(=O)O)C2)c(O)c1. The number of nitrogens with zero attached hydrogens (tertiary/aromatic N) is 3. The average molecular weight is 389 g/mol. The Morgan fingerprint density at radius 3 is 2.50 bits per heavy atom. The van der Waals surface area contributed by atoms with Gasteiger partial charge in [-0.05, 0) is 50.4 Å². The molecule has 7 nitrogen and oxygen atoms in total. The van der Waals surface area contributed by atoms with Crippen molar-refractivity contribution in [2.75, 3.05) is 46.3 Å². The molecule has 1 aromatic rings. The smallest absolute Gasteiger partial charge is 0.303 e. The third-order valence-electron chi connectivity index (χ3n) is 6.10. The summed E-state index contributed by atoms with van der Waals surface area (Å²) in [5, 5.41) is 19.3. The fourth-order valence-corrected chi connectivity index (χ4v) is 4.42. The highest BCUT2D eigenvalue weighted by molar-refractivity contribution is 5.97. The quantitative estimate of drug-likeness (QED) is 0.797. The summed E-state index contributed by atoms with van der Waals surface area (Å²) in [5.41, 5.74) is 1.22. The minimum Gasteiger partial charge on any atom is -0.507 e. The zero-order chi connectivity index (χ0) is 20.3. The van der Waals surface area contributed by atoms with Crippen molar-refractivity contribution in [3.63, 3.8) is 0 Å². The minimum absolute atomic E-state index is 0.00766. The summed E-state index contributed by atoms with van der Waals surface area (Å²) < 4.78 is 0. The first-order valence-corrected chi connectivity index (χ1v) is 10.1. The van der Waals surface area contributed by atoms with Gasteiger partial charge in [0, 0.05) is 51.7 Å². The second-order valence-electron chi connectivity index (χ2n) is 8.16. The number of hydrogen-bond donors (Lipinski definition) is 2. The monoisotopic (exact) mass is 389 g/mol. The molecule has 0 radical (unpaired) electrons. The first kappa shape index (κ1) is 20.6. The third kappa shape index (κ3) is 4.83. The predicted molar refractivity (Wildman–Crippen MR) is 107 cm³/mol. The molecule has 2 aliphatic rings. The highest BCUT2D eigenvalue weighted by Crippen LogP contribution is 2.29. The van der Waals surface area contributed by atoms with E-state index in [4.69, 9.17) is 5.11 Å². The number of phenols is 1. The third-order valence-corrected chi connectivity index (χ3v) is 6.10. The van der Waals surface area contributed by atoms with E-state index in [0.717, 1.165) is 38.2 Å². The van der Waals surface area contributed by atoms with Crippen molar-refractivity contribution in [1.82, 2.24) is 14.7 Å². The normalized spacial score (nSPS) is 24.3. The molecule has 0 saturated carbocycles. The number of rotatable bonds is 5. The van der Waals surface area contributed by atoms with Crippen molar-refractivity contribution in [3.05, 3.63) is 29.3 Å². The van der Waals surface area contributed by atoms with Gasteiger partial charge in [-0.15, -0.1) is 0 Å². The lowest BCUT2D eigenvalue weighted by Gasteiger charge is -2.46. The average Bonchev–Trinajstić information content (AvgIpc) is 2.66. The number of carbonyl (C=O) groups excluding carboxylic acids is 1. The number of piperidine rings is 1. The van der Waals surface area contributed by atoms with Gasteiger partial charge in [0.05, 0.1) is 5.56 Å². The fraction of sp³-hybridized carbons (Fsp3) is 0.619. The lowest BCUT2D eigenvalue weighted by molar-refractivity contribution is -0.137. The molecule has 0 unspecified atom stereocenters. The summed E-state index contributed by atoms with van der Waals surface area (Å²) in [6.45, 7) is 7.04. The van der Waals surface area contributed by atoms with Crippen LogP contribution in [0.15, 0.2) is 18.2 Å². The number of aryl methyl sites for hydroxylation is 1. The number of likely N-dealkylation sites (N-methyl/N-ethyl adjacent to an activating group) is 1. The van der Waals surface area contributed by atoms with Crippen LogP contribution in [0.4, 0.5) is 0 Å². The summed E-state index contributed by atoms with van der Waals surface area (Å²) in [7, 11) is 2.12. The fourth-order valence-electron chi connectivity index (χ4n) is 4.42. The zero-order valence-corrected chi connectivity index (χ0v) is 16.8. The van der Waals surface area contributed by atoms with Gasteiger partial charge in [0.2, 0.25) is 0 Å². The van der Waals surface area contributed by atoms with Crippen LogP contribution in [0.25, 0.3) is 0 Å². The number of carboxylic acid groups (broad SMARTS) is 1. The molecule has 2 heterocycles. The molecule has 0 spiro atoms. The Bertz CT molecular complexity index is 716. The van der Waals surface area contributed by atoms with Crippen molar-refractivity contribution in [2.24, 2.45) is 5.92 Å². The maximum Gasteiger partial charge on any atom is 0.303 e. The number of aromatic hydroxyl groups is 1. The Hall–Kier alpha value is -2.12. The van der Waals surface area contributed by atoms with Crippen LogP contribution in [0.1, 0.15) is 35.2 Å². The molecular formula is C21H31N3O4. The van der Waals surface area contributed by atoms with Crippen LogP contribution in [0.2, 0.25) is 0 Å². The first-order valence-electron chi connectivity index (χ1n) is 10.1. The predicted octanol–water partition coefficient (Wildman–Crippen LogP) is 1.64. The topological polar surface area (TPSA) is 84.3 Å². The van der Waals surface area contributed by atoms with Gasteiger partial charge in [-0.2, -0.15) is 0 Å². The highest BCUT2D eigenvalue weighted by Gasteiger charge is 2.36. The standard InChI is InChI=1S/C21H31N3O4/c1-15-3-5-17(19(25)13-15)21(28)24-8-7-18(16(14-24)4-6-20(26)27)23-11-9-22(2)10-12-23/h3,5,13,16,18,25H,4,6-12,14H2,1-2H3,(H,26,27)/t16-,18+/m0/s1. The van der Waals surface area contributed by atoms with E-state index in [1.165, 1.54) is 0 Å². The number of hydrogen-bond acceptors (Lipinski definition) is 5. The van der Waals surface area contributed by atoms with Crippen LogP contribution in [-0.2, 0) is 4.79 Å². The molecule has 2 atom stereocenters. The van der Waals surface area contributed by atoms with E-state index < -0.39 is 5.97 Å². The van der Waals surface area contributed by atoms with Gasteiger partial charge in [-0.3, -0.25) is 14.5 Å². The summed E-state index contributed by atoms with van der Waals surface area (Å²) in [6.07, 6.45) is 1.52. The molecule has 7 heteroatoms. The van der Waals surface area contributed by atoms with Crippen LogP contribution in [0.5, 0.6) is 5.75 Å². The number of amides is 1. The second kappa shape index (κ2) is 8.92. The molecule has 1 amide bonds. The molecular weight excluding hydrogens is 358 g/mol. The number of likely N-dealkylation sites (tertiary alicyclic amines) is 1. The molecule has 28 heavy (non-hydrogen) atoms. The number of piperazine rings is 1. The molecule has 2 saturated heterocycles. The molecule has 1 aromatic carbocycles. The van der Waals surface area contributed by atoms with Crippen molar-refractivity contribution in [2.45, 2.75) is 32.2 Å². The minimum atomic E-state index is -0.795. The molecule has 0 bridgehead atoms. The highest BCUT2D eigenvalue weighted by atomic mass is 16.4. The largest absolute Gasteiger partial charge is 0.507 e. The molecule has 0 aliphatic carbocycles. The van der Waals surface area contributed by atoms with E-state index in [2.05, 4.69) is 16.8 Å². The van der Waals surface area contributed by atoms with Crippen LogP contribution in [-0.4, -0.2) is 89.1 Å². The zero-order valence-electron chi connectivity index (χ0n) is 16.8. The molecule has 2 aliphatic heterocycles. The summed E-state index contributed by atoms with van der Waals surface area (Å²) in [6, 6.07) is 5.41. The molecule has 2 fully saturated rings. The van der Waals surface area contributed by atoms with E-state index in [9.17, 15) is 14.7 Å². The van der Waals surface area contributed by atoms with E-state index >= 15 is 0 Å². The van der Waals surface area contributed by atoms with Gasteiger partial charge in [0.25, 0.3) is 5.91 Å². The van der Waals surface area contributed by atoms with E-state index in [1.54, 1.807) is 17.0 Å². The van der Waals surface area contributed by atoms with Gasteiger partial charge in [-0.25, -0.2) is 0 Å². The van der Waals surface area contributed by atoms with E-state index in [-0.39, 0.29) is 24.0 Å². The van der Waals surface area contributed by atoms with Crippen LogP contribution >= 0.6 is 0 Å². The Morgan fingerprint density at radius 1 is 1.14 bits per heavy atom. The van der Waals surface area contributed by atoms with Gasteiger partial charge < -0.3 is 20.0 Å². The van der Waals surface area contributed by atoms with Gasteiger partial charge in [0.15, 0.2) is 0 Å². The van der Waals surface area contributed by atoms with Crippen LogP contribution in [0.3, 0.4) is 0 Å². The molecule has 154 valence electrons. The second-order valence-corrected chi connectivity index (χ2v) is 8.16. The maximum absolute atomic E-state index is 13.0. The van der Waals surface area contributed by atoms with Crippen LogP contribution in [0, 0.1) is 12.8 Å². The number of aliphatic carboxylic acids is 1. The number of phenolic OH excluding ortho intramolecular Hbond substituents is 1. The molecule has 0 aromatic heterocycles. The Balaban J connectivity index is 1.72. The van der Waals surface area contributed by atoms with E-state index in [0.29, 0.717) is 31.1 Å². The number of benzene rings is 1. The lowest BCUT2D eigenvalue weighted by atomic mass is 9.86. The Morgan fingerprint density at radius 2 is 1.86 bits per heavy atom. The molecule has 2 N–H and O–H groups in total. The van der Waals surface area contributed by atoms with Crippen LogP contribution < -0.4 is 0 Å². The van der Waals surface area contributed by atoms with Gasteiger partial charge >= 0.3 is 5.97 Å². The van der Waals surface area contributed by atoms with Crippen molar-refractivity contribution in [3.8, 4) is 5.75 Å². The summed E-state index contributed by atoms with van der Waals surface area (Å²) in [5.74, 6) is -0.829. The molecule has 3 rings (SSSR count). The van der Waals surface area contributed by atoms with Gasteiger partial charge in [-0.1, -0.05) is 6.07 Å². The summed E-state index contributed by atoms with van der Waals surface area (Å²) >= 11 is 0. The Kier molecular flexibility index (Phi) is 6.57. The Labute approximate surface area is 166 Å². The van der Waals surface area contributed by atoms with E-state index in [1.807, 2.05) is 13.0 Å². The van der Waals surface area contributed by atoms with Gasteiger partial charge in [0.1, 0.15) is 5.75 Å². The maximum atomic E-state index is 13.0. The summed E-state index contributed by atoms with van der Waals surface area (Å²) in [4.78, 5) is 30.7. The number of carbonyl (C=O) groups is 2. The number of carboxylic acids is 1.